The molecule has 0 aliphatic heterocycles. The molecule has 1 aliphatic rings. The number of nitrogens with one attached hydrogen (secondary N) is 1. The van der Waals surface area contributed by atoms with E-state index in [1.165, 1.54) is 13.3 Å². The van der Waals surface area contributed by atoms with E-state index in [-0.39, 0.29) is 5.91 Å². The molecule has 0 aromatic carbocycles. The molecule has 1 aromatic rings. The van der Waals surface area contributed by atoms with Crippen LogP contribution in [0.4, 0.5) is 0 Å². The summed E-state index contributed by atoms with van der Waals surface area (Å²) in [5.41, 5.74) is -0.300. The Balaban J connectivity index is 1.90. The van der Waals surface area contributed by atoms with E-state index in [0.29, 0.717) is 23.9 Å². The first-order chi connectivity index (χ1) is 9.52. The highest BCUT2D eigenvalue weighted by molar-refractivity contribution is 5.93. The fraction of sp³-hybridized carbons (Fsp3) is 0.600. The lowest BCUT2D eigenvalue weighted by Crippen LogP contribution is -2.45. The summed E-state index contributed by atoms with van der Waals surface area (Å²) < 4.78 is 4.95. The van der Waals surface area contributed by atoms with Crippen LogP contribution in [0.5, 0.6) is 5.88 Å². The second-order valence-electron chi connectivity index (χ2n) is 5.70. The number of amides is 1. The molecule has 110 valence electrons. The lowest BCUT2D eigenvalue weighted by molar-refractivity contribution is -0.0109. The average Bonchev–Trinajstić information content (AvgIpc) is 2.45. The topological polar surface area (TPSA) is 71.5 Å². The number of hydrogen-bond acceptors (Lipinski definition) is 4. The summed E-state index contributed by atoms with van der Waals surface area (Å²) in [5, 5.41) is 13.3. The number of hydrogen-bond donors (Lipinski definition) is 2. The summed E-state index contributed by atoms with van der Waals surface area (Å²) in [7, 11) is 1.53. The fourth-order valence-corrected chi connectivity index (χ4v) is 2.78. The van der Waals surface area contributed by atoms with Gasteiger partial charge in [0.1, 0.15) is 0 Å². The number of ether oxygens (including phenoxy) is 1. The van der Waals surface area contributed by atoms with Crippen molar-refractivity contribution >= 4 is 5.91 Å². The number of aromatic nitrogens is 1. The third kappa shape index (κ3) is 3.70. The van der Waals surface area contributed by atoms with Gasteiger partial charge in [0.2, 0.25) is 5.88 Å². The predicted octanol–water partition coefficient (Wildman–Crippen LogP) is 1.76. The van der Waals surface area contributed by atoms with Gasteiger partial charge in [0.15, 0.2) is 0 Å². The molecule has 5 heteroatoms. The summed E-state index contributed by atoms with van der Waals surface area (Å²) in [4.78, 5) is 16.0. The van der Waals surface area contributed by atoms with Crippen molar-refractivity contribution in [3.8, 4) is 5.88 Å². The van der Waals surface area contributed by atoms with Crippen molar-refractivity contribution in [3.63, 3.8) is 0 Å². The predicted molar refractivity (Wildman–Crippen MR) is 75.7 cm³/mol. The quantitative estimate of drug-likeness (QED) is 0.880. The van der Waals surface area contributed by atoms with Crippen LogP contribution >= 0.6 is 0 Å². The van der Waals surface area contributed by atoms with E-state index in [9.17, 15) is 9.90 Å². The first-order valence-electron chi connectivity index (χ1n) is 7.03. The van der Waals surface area contributed by atoms with Crippen molar-refractivity contribution in [1.82, 2.24) is 10.3 Å². The Kier molecular flexibility index (Phi) is 4.60. The maximum absolute atomic E-state index is 12.0. The van der Waals surface area contributed by atoms with Gasteiger partial charge in [0.05, 0.1) is 18.3 Å². The number of aliphatic hydroxyl groups is 1. The van der Waals surface area contributed by atoms with E-state index in [1.807, 2.05) is 0 Å². The van der Waals surface area contributed by atoms with Gasteiger partial charge in [0, 0.05) is 18.8 Å². The first kappa shape index (κ1) is 14.8. The lowest BCUT2D eigenvalue weighted by atomic mass is 9.79. The molecule has 0 radical (unpaired) electrons. The molecule has 20 heavy (non-hydrogen) atoms. The normalized spacial score (nSPS) is 26.1. The molecule has 2 rings (SSSR count). The maximum Gasteiger partial charge on any atom is 0.252 e. The van der Waals surface area contributed by atoms with Gasteiger partial charge >= 0.3 is 0 Å². The monoisotopic (exact) mass is 278 g/mol. The van der Waals surface area contributed by atoms with Crippen LogP contribution in [0.2, 0.25) is 0 Å². The van der Waals surface area contributed by atoms with Gasteiger partial charge in [0.25, 0.3) is 5.91 Å². The largest absolute Gasteiger partial charge is 0.481 e. The smallest absolute Gasteiger partial charge is 0.252 e. The Hall–Kier alpha value is -1.62. The Morgan fingerprint density at radius 2 is 2.40 bits per heavy atom. The highest BCUT2D eigenvalue weighted by Crippen LogP contribution is 2.31. The van der Waals surface area contributed by atoms with Crippen molar-refractivity contribution in [2.45, 2.75) is 38.2 Å². The molecule has 1 saturated carbocycles. The van der Waals surface area contributed by atoms with Crippen molar-refractivity contribution in [3.05, 3.63) is 23.9 Å². The third-order valence-electron chi connectivity index (χ3n) is 3.85. The van der Waals surface area contributed by atoms with Crippen molar-refractivity contribution in [2.24, 2.45) is 5.92 Å². The zero-order valence-corrected chi connectivity index (χ0v) is 12.1. The number of pyridine rings is 1. The van der Waals surface area contributed by atoms with Crippen LogP contribution in [-0.2, 0) is 0 Å². The van der Waals surface area contributed by atoms with E-state index in [4.69, 9.17) is 4.74 Å². The Morgan fingerprint density at radius 1 is 1.60 bits per heavy atom. The van der Waals surface area contributed by atoms with Crippen LogP contribution in [0.15, 0.2) is 18.3 Å². The third-order valence-corrected chi connectivity index (χ3v) is 3.85. The van der Waals surface area contributed by atoms with Crippen LogP contribution in [0.25, 0.3) is 0 Å². The summed E-state index contributed by atoms with van der Waals surface area (Å²) in [6, 6.07) is 3.31. The second kappa shape index (κ2) is 6.22. The van der Waals surface area contributed by atoms with Crippen LogP contribution in [0.1, 0.15) is 43.0 Å². The van der Waals surface area contributed by atoms with Gasteiger partial charge in [-0.05, 0) is 24.8 Å². The minimum absolute atomic E-state index is 0.216. The van der Waals surface area contributed by atoms with Crippen LogP contribution in [-0.4, -0.2) is 35.3 Å². The molecule has 1 amide bonds. The van der Waals surface area contributed by atoms with E-state index >= 15 is 0 Å². The molecule has 0 bridgehead atoms. The molecule has 2 unspecified atom stereocenters. The standard InChI is InChI=1S/C15H22N2O3/c1-11-4-3-7-15(19,8-11)10-17-14(18)12-5-6-13(20-2)16-9-12/h5-6,9,11,19H,3-4,7-8,10H2,1-2H3,(H,17,18). The number of nitrogens with zero attached hydrogens (tertiary/aromatic N) is 1. The zero-order chi connectivity index (χ0) is 14.6. The van der Waals surface area contributed by atoms with E-state index < -0.39 is 5.60 Å². The summed E-state index contributed by atoms with van der Waals surface area (Å²) >= 11 is 0. The van der Waals surface area contributed by atoms with E-state index in [0.717, 1.165) is 25.7 Å². The van der Waals surface area contributed by atoms with Gasteiger partial charge in [-0.1, -0.05) is 19.8 Å². The molecule has 2 atom stereocenters. The Bertz CT molecular complexity index is 461. The van der Waals surface area contributed by atoms with Gasteiger partial charge in [-0.2, -0.15) is 0 Å². The van der Waals surface area contributed by atoms with Crippen molar-refractivity contribution in [2.75, 3.05) is 13.7 Å². The van der Waals surface area contributed by atoms with Gasteiger partial charge in [-0.25, -0.2) is 4.98 Å². The maximum atomic E-state index is 12.0. The minimum Gasteiger partial charge on any atom is -0.481 e. The second-order valence-corrected chi connectivity index (χ2v) is 5.70. The van der Waals surface area contributed by atoms with E-state index in [1.54, 1.807) is 12.1 Å². The van der Waals surface area contributed by atoms with Gasteiger partial charge in [-0.3, -0.25) is 4.79 Å². The molecule has 0 saturated heterocycles. The van der Waals surface area contributed by atoms with Crippen molar-refractivity contribution in [1.29, 1.82) is 0 Å². The highest BCUT2D eigenvalue weighted by Gasteiger charge is 2.32. The number of carbonyl (C=O) groups excluding carboxylic acids is 1. The summed E-state index contributed by atoms with van der Waals surface area (Å²) in [6.45, 7) is 2.43. The first-order valence-corrected chi connectivity index (χ1v) is 7.03. The number of rotatable bonds is 4. The van der Waals surface area contributed by atoms with Crippen LogP contribution in [0, 0.1) is 5.92 Å². The molecular formula is C15H22N2O3. The van der Waals surface area contributed by atoms with Crippen molar-refractivity contribution < 1.29 is 14.6 Å². The highest BCUT2D eigenvalue weighted by atomic mass is 16.5. The molecule has 2 N–H and O–H groups in total. The fourth-order valence-electron chi connectivity index (χ4n) is 2.78. The summed E-state index contributed by atoms with van der Waals surface area (Å²) in [5.74, 6) is 0.765. The Morgan fingerprint density at radius 3 is 3.00 bits per heavy atom. The summed E-state index contributed by atoms with van der Waals surface area (Å²) in [6.07, 6.45) is 5.13. The molecular weight excluding hydrogens is 256 g/mol. The molecule has 1 aromatic heterocycles. The molecule has 1 heterocycles. The van der Waals surface area contributed by atoms with Crippen LogP contribution < -0.4 is 10.1 Å². The molecule has 1 aliphatic carbocycles. The molecule has 0 spiro atoms. The zero-order valence-electron chi connectivity index (χ0n) is 12.1. The average molecular weight is 278 g/mol. The number of carbonyl (C=O) groups is 1. The lowest BCUT2D eigenvalue weighted by Gasteiger charge is -2.35. The molecule has 1 fully saturated rings. The van der Waals surface area contributed by atoms with Crippen LogP contribution in [0.3, 0.4) is 0 Å². The SMILES string of the molecule is COc1ccc(C(=O)NCC2(O)CCCC(C)C2)cn1. The number of methoxy groups -OCH3 is 1. The van der Waals surface area contributed by atoms with E-state index in [2.05, 4.69) is 17.2 Å². The van der Waals surface area contributed by atoms with Gasteiger partial charge < -0.3 is 15.2 Å². The van der Waals surface area contributed by atoms with Gasteiger partial charge in [-0.15, -0.1) is 0 Å². The molecule has 5 nitrogen and oxygen atoms in total. The minimum atomic E-state index is -0.771. The Labute approximate surface area is 119 Å².